The van der Waals surface area contributed by atoms with E-state index in [0.717, 1.165) is 3.57 Å². The second-order valence-electron chi connectivity index (χ2n) is 5.11. The lowest BCUT2D eigenvalue weighted by Gasteiger charge is -2.17. The van der Waals surface area contributed by atoms with Crippen molar-refractivity contribution in [1.29, 1.82) is 5.26 Å². The van der Waals surface area contributed by atoms with Gasteiger partial charge in [0.15, 0.2) is 0 Å². The topological polar surface area (TPSA) is 79.1 Å². The van der Waals surface area contributed by atoms with Crippen LogP contribution in [0.25, 0.3) is 0 Å². The van der Waals surface area contributed by atoms with Gasteiger partial charge in [0.05, 0.1) is 6.54 Å². The number of aromatic nitrogens is 2. The summed E-state index contributed by atoms with van der Waals surface area (Å²) >= 11 is 2.19. The van der Waals surface area contributed by atoms with Crippen LogP contribution >= 0.6 is 22.6 Å². The van der Waals surface area contributed by atoms with E-state index in [2.05, 4.69) is 32.6 Å². The standard InChI is InChI=1S/C16H13IN4O2/c17-12-3-1-2-11(8-12)16(22)21-7-4-13(10-21)23-15-14(9-18)19-5-6-20-15/h1-3,5-6,8,13H,4,7,10H2. The van der Waals surface area contributed by atoms with Crippen molar-refractivity contribution >= 4 is 28.5 Å². The third kappa shape index (κ3) is 3.59. The Morgan fingerprint density at radius 3 is 3.00 bits per heavy atom. The van der Waals surface area contributed by atoms with Gasteiger partial charge in [0.2, 0.25) is 5.69 Å². The maximum Gasteiger partial charge on any atom is 0.254 e. The number of halogens is 1. The number of rotatable bonds is 3. The van der Waals surface area contributed by atoms with Gasteiger partial charge in [-0.15, -0.1) is 0 Å². The van der Waals surface area contributed by atoms with Crippen molar-refractivity contribution in [2.24, 2.45) is 0 Å². The molecule has 1 unspecified atom stereocenters. The fourth-order valence-corrected chi connectivity index (χ4v) is 3.00. The minimum atomic E-state index is -0.175. The van der Waals surface area contributed by atoms with Gasteiger partial charge in [-0.05, 0) is 40.8 Å². The molecule has 1 aromatic heterocycles. The molecule has 0 bridgehead atoms. The second kappa shape index (κ2) is 6.91. The van der Waals surface area contributed by atoms with Crippen molar-refractivity contribution < 1.29 is 9.53 Å². The van der Waals surface area contributed by atoms with Crippen LogP contribution < -0.4 is 4.74 Å². The molecule has 1 aromatic carbocycles. The van der Waals surface area contributed by atoms with Gasteiger partial charge in [0.25, 0.3) is 11.8 Å². The molecule has 0 aliphatic carbocycles. The third-order valence-corrected chi connectivity index (χ3v) is 4.22. The first-order valence-corrected chi connectivity index (χ1v) is 8.18. The zero-order valence-corrected chi connectivity index (χ0v) is 14.3. The molecule has 1 aliphatic rings. The number of nitriles is 1. The second-order valence-corrected chi connectivity index (χ2v) is 6.36. The van der Waals surface area contributed by atoms with E-state index in [-0.39, 0.29) is 23.6 Å². The van der Waals surface area contributed by atoms with Crippen LogP contribution in [0.2, 0.25) is 0 Å². The molecule has 1 saturated heterocycles. The number of hydrogen-bond acceptors (Lipinski definition) is 5. The number of ether oxygens (including phenoxy) is 1. The summed E-state index contributed by atoms with van der Waals surface area (Å²) in [5, 5.41) is 9.01. The molecule has 0 spiro atoms. The molecule has 0 radical (unpaired) electrons. The summed E-state index contributed by atoms with van der Waals surface area (Å²) in [5.41, 5.74) is 0.838. The van der Waals surface area contributed by atoms with Gasteiger partial charge in [-0.25, -0.2) is 9.97 Å². The fourth-order valence-electron chi connectivity index (χ4n) is 2.46. The Hall–Kier alpha value is -2.21. The summed E-state index contributed by atoms with van der Waals surface area (Å²) < 4.78 is 6.77. The quantitative estimate of drug-likeness (QED) is 0.712. The maximum atomic E-state index is 12.5. The Bertz CT molecular complexity index is 775. The van der Waals surface area contributed by atoms with Crippen LogP contribution in [-0.4, -0.2) is 40.0 Å². The lowest BCUT2D eigenvalue weighted by atomic mass is 10.2. The fraction of sp³-hybridized carbons (Fsp3) is 0.250. The smallest absolute Gasteiger partial charge is 0.254 e. The van der Waals surface area contributed by atoms with E-state index in [0.29, 0.717) is 25.1 Å². The Kier molecular flexibility index (Phi) is 4.71. The number of amides is 1. The molecular weight excluding hydrogens is 407 g/mol. The maximum absolute atomic E-state index is 12.5. The first-order valence-electron chi connectivity index (χ1n) is 7.10. The number of hydrogen-bond donors (Lipinski definition) is 0. The first-order chi connectivity index (χ1) is 11.2. The minimum absolute atomic E-state index is 0.00531. The van der Waals surface area contributed by atoms with E-state index in [1.165, 1.54) is 12.4 Å². The van der Waals surface area contributed by atoms with Gasteiger partial charge in [-0.1, -0.05) is 6.07 Å². The molecule has 3 rings (SSSR count). The molecule has 2 heterocycles. The molecule has 23 heavy (non-hydrogen) atoms. The summed E-state index contributed by atoms with van der Waals surface area (Å²) in [6.45, 7) is 1.10. The Morgan fingerprint density at radius 1 is 1.39 bits per heavy atom. The van der Waals surface area contributed by atoms with E-state index < -0.39 is 0 Å². The molecule has 1 fully saturated rings. The summed E-state index contributed by atoms with van der Waals surface area (Å²) in [7, 11) is 0. The van der Waals surface area contributed by atoms with Crippen LogP contribution in [0.1, 0.15) is 22.5 Å². The monoisotopic (exact) mass is 420 g/mol. The van der Waals surface area contributed by atoms with Crippen LogP contribution in [0.4, 0.5) is 0 Å². The average Bonchev–Trinajstić information content (AvgIpc) is 3.03. The van der Waals surface area contributed by atoms with E-state index in [9.17, 15) is 4.79 Å². The highest BCUT2D eigenvalue weighted by atomic mass is 127. The highest BCUT2D eigenvalue weighted by Gasteiger charge is 2.29. The van der Waals surface area contributed by atoms with Gasteiger partial charge >= 0.3 is 0 Å². The highest BCUT2D eigenvalue weighted by Crippen LogP contribution is 2.20. The molecule has 0 saturated carbocycles. The lowest BCUT2D eigenvalue weighted by molar-refractivity contribution is 0.0771. The van der Waals surface area contributed by atoms with E-state index in [4.69, 9.17) is 10.00 Å². The van der Waals surface area contributed by atoms with Crippen molar-refractivity contribution in [2.45, 2.75) is 12.5 Å². The third-order valence-electron chi connectivity index (χ3n) is 3.55. The summed E-state index contributed by atoms with van der Waals surface area (Å²) in [4.78, 5) is 22.2. The van der Waals surface area contributed by atoms with Crippen LogP contribution in [0, 0.1) is 14.9 Å². The lowest BCUT2D eigenvalue weighted by Crippen LogP contribution is -2.31. The number of carbonyl (C=O) groups is 1. The predicted molar refractivity (Wildman–Crippen MR) is 90.8 cm³/mol. The van der Waals surface area contributed by atoms with Crippen molar-refractivity contribution in [3.63, 3.8) is 0 Å². The van der Waals surface area contributed by atoms with Crippen molar-refractivity contribution in [3.8, 4) is 11.9 Å². The van der Waals surface area contributed by atoms with Crippen LogP contribution in [0.3, 0.4) is 0 Å². The molecule has 6 nitrogen and oxygen atoms in total. The predicted octanol–water partition coefficient (Wildman–Crippen LogP) is 2.25. The minimum Gasteiger partial charge on any atom is -0.470 e. The van der Waals surface area contributed by atoms with Gasteiger partial charge in [0.1, 0.15) is 12.2 Å². The van der Waals surface area contributed by atoms with Gasteiger partial charge in [0, 0.05) is 34.5 Å². The Balaban J connectivity index is 1.67. The van der Waals surface area contributed by atoms with E-state index in [1.54, 1.807) is 4.90 Å². The molecule has 7 heteroatoms. The number of carbonyl (C=O) groups excluding carboxylic acids is 1. The molecule has 0 N–H and O–H groups in total. The van der Waals surface area contributed by atoms with Gasteiger partial charge < -0.3 is 9.64 Å². The molecule has 1 aliphatic heterocycles. The number of benzene rings is 1. The van der Waals surface area contributed by atoms with Gasteiger partial charge in [-0.2, -0.15) is 5.26 Å². The Morgan fingerprint density at radius 2 is 2.22 bits per heavy atom. The largest absolute Gasteiger partial charge is 0.470 e. The molecule has 1 atom stereocenters. The normalized spacial score (nSPS) is 16.9. The summed E-state index contributed by atoms with van der Waals surface area (Å²) in [6.07, 6.45) is 3.47. The molecule has 116 valence electrons. The zero-order chi connectivity index (χ0) is 16.2. The summed E-state index contributed by atoms with van der Waals surface area (Å²) in [6, 6.07) is 9.46. The Labute approximate surface area is 147 Å². The van der Waals surface area contributed by atoms with E-state index >= 15 is 0 Å². The van der Waals surface area contributed by atoms with E-state index in [1.807, 2.05) is 30.3 Å². The van der Waals surface area contributed by atoms with Gasteiger partial charge in [-0.3, -0.25) is 4.79 Å². The van der Waals surface area contributed by atoms with Crippen LogP contribution in [-0.2, 0) is 0 Å². The molecule has 2 aromatic rings. The van der Waals surface area contributed by atoms with Crippen molar-refractivity contribution in [1.82, 2.24) is 14.9 Å². The molecular formula is C16H13IN4O2. The number of likely N-dealkylation sites (tertiary alicyclic amines) is 1. The number of nitrogens with zero attached hydrogens (tertiary/aromatic N) is 4. The molecule has 1 amide bonds. The van der Waals surface area contributed by atoms with Crippen molar-refractivity contribution in [3.05, 3.63) is 51.5 Å². The van der Waals surface area contributed by atoms with Crippen LogP contribution in [0.5, 0.6) is 5.88 Å². The van der Waals surface area contributed by atoms with Crippen molar-refractivity contribution in [2.75, 3.05) is 13.1 Å². The average molecular weight is 420 g/mol. The highest BCUT2D eigenvalue weighted by molar-refractivity contribution is 14.1. The van der Waals surface area contributed by atoms with Crippen LogP contribution in [0.15, 0.2) is 36.7 Å². The summed E-state index contributed by atoms with van der Waals surface area (Å²) in [5.74, 6) is 0.220. The zero-order valence-electron chi connectivity index (χ0n) is 12.1. The first kappa shape index (κ1) is 15.7. The SMILES string of the molecule is N#Cc1nccnc1OC1CCN(C(=O)c2cccc(I)c2)C1.